The predicted molar refractivity (Wildman–Crippen MR) is 128 cm³/mol. The smallest absolute Gasteiger partial charge is 0.294 e. The quantitative estimate of drug-likeness (QED) is 0.477. The summed E-state index contributed by atoms with van der Waals surface area (Å²) in [6, 6.07) is 16.7. The molecule has 3 aromatic rings. The summed E-state index contributed by atoms with van der Waals surface area (Å²) in [5, 5.41) is 4.41. The molecule has 2 aromatic carbocycles. The number of hydrazone groups is 1. The van der Waals surface area contributed by atoms with Crippen LogP contribution in [0.5, 0.6) is 0 Å². The van der Waals surface area contributed by atoms with Gasteiger partial charge in [0.1, 0.15) is 5.76 Å². The van der Waals surface area contributed by atoms with Gasteiger partial charge >= 0.3 is 0 Å². The fourth-order valence-electron chi connectivity index (χ4n) is 3.98. The first-order valence-corrected chi connectivity index (χ1v) is 11.4. The van der Waals surface area contributed by atoms with Gasteiger partial charge in [-0.3, -0.25) is 9.59 Å². The molecule has 2 amide bonds. The Morgan fingerprint density at radius 1 is 1.09 bits per heavy atom. The first-order chi connectivity index (χ1) is 15.5. The van der Waals surface area contributed by atoms with Crippen molar-refractivity contribution in [2.45, 2.75) is 33.1 Å². The largest absolute Gasteiger partial charge is 0.455 e. The van der Waals surface area contributed by atoms with Crippen molar-refractivity contribution in [2.75, 3.05) is 11.4 Å². The maximum absolute atomic E-state index is 13.3. The summed E-state index contributed by atoms with van der Waals surface area (Å²) in [7, 11) is 0. The number of para-hydroxylation sites is 1. The topological polar surface area (TPSA) is 74.9 Å². The van der Waals surface area contributed by atoms with Crippen molar-refractivity contribution in [1.29, 1.82) is 0 Å². The lowest BCUT2D eigenvalue weighted by Gasteiger charge is -2.20. The second-order valence-electron chi connectivity index (χ2n) is 7.57. The van der Waals surface area contributed by atoms with Gasteiger partial charge in [0.25, 0.3) is 11.8 Å². The van der Waals surface area contributed by atoms with Crippen molar-refractivity contribution in [2.24, 2.45) is 5.10 Å². The van der Waals surface area contributed by atoms with E-state index >= 15 is 0 Å². The van der Waals surface area contributed by atoms with Crippen LogP contribution in [-0.2, 0) is 6.42 Å². The summed E-state index contributed by atoms with van der Waals surface area (Å²) >= 11 is 3.39. The number of furan rings is 1. The summed E-state index contributed by atoms with van der Waals surface area (Å²) in [4.78, 5) is 27.6. The molecule has 0 atom stereocenters. The predicted octanol–water partition coefficient (Wildman–Crippen LogP) is 5.49. The van der Waals surface area contributed by atoms with Gasteiger partial charge in [-0.25, -0.2) is 5.43 Å². The molecule has 0 saturated carbocycles. The number of amides is 2. The Labute approximate surface area is 195 Å². The minimum absolute atomic E-state index is 0.179. The lowest BCUT2D eigenvalue weighted by atomic mass is 9.93. The lowest BCUT2D eigenvalue weighted by Crippen LogP contribution is -2.30. The monoisotopic (exact) mass is 493 g/mol. The van der Waals surface area contributed by atoms with Gasteiger partial charge in [-0.05, 0) is 66.9 Å². The van der Waals surface area contributed by atoms with Crippen LogP contribution < -0.4 is 10.3 Å². The number of hydrogen-bond donors (Lipinski definition) is 1. The van der Waals surface area contributed by atoms with Gasteiger partial charge in [0.2, 0.25) is 0 Å². The maximum Gasteiger partial charge on any atom is 0.294 e. The highest BCUT2D eigenvalue weighted by Gasteiger charge is 2.30. The first kappa shape index (κ1) is 22.0. The molecule has 0 spiro atoms. The zero-order valence-electron chi connectivity index (χ0n) is 18.0. The molecule has 164 valence electrons. The Morgan fingerprint density at radius 3 is 2.53 bits per heavy atom. The number of benzene rings is 2. The Bertz CT molecular complexity index is 1180. The maximum atomic E-state index is 13.3. The van der Waals surface area contributed by atoms with Crippen LogP contribution in [0.25, 0.3) is 0 Å². The summed E-state index contributed by atoms with van der Waals surface area (Å²) in [5.74, 6) is 0.598. The highest BCUT2D eigenvalue weighted by molar-refractivity contribution is 9.10. The SMILES string of the molecule is CCN(C(=O)c1oc2c(c1C)/C(=N/NC(=O)c1ccccc1Br)CCC2)c1ccccc1. The Morgan fingerprint density at radius 2 is 1.81 bits per heavy atom. The summed E-state index contributed by atoms with van der Waals surface area (Å²) in [5.41, 5.74) is 6.31. The molecule has 7 heteroatoms. The van der Waals surface area contributed by atoms with Gasteiger partial charge in [-0.1, -0.05) is 30.3 Å². The fourth-order valence-corrected chi connectivity index (χ4v) is 4.45. The van der Waals surface area contributed by atoms with Gasteiger partial charge in [-0.2, -0.15) is 5.10 Å². The fraction of sp³-hybridized carbons (Fsp3) is 0.240. The third-order valence-electron chi connectivity index (χ3n) is 5.56. The molecule has 1 aromatic heterocycles. The molecular weight excluding hydrogens is 470 g/mol. The number of hydrogen-bond acceptors (Lipinski definition) is 4. The Balaban J connectivity index is 1.63. The van der Waals surface area contributed by atoms with Crippen LogP contribution in [0, 0.1) is 6.92 Å². The normalized spacial score (nSPS) is 14.2. The van der Waals surface area contributed by atoms with E-state index in [-0.39, 0.29) is 11.8 Å². The first-order valence-electron chi connectivity index (χ1n) is 10.6. The molecule has 0 bridgehead atoms. The van der Waals surface area contributed by atoms with Crippen LogP contribution in [0.15, 0.2) is 68.6 Å². The average molecular weight is 494 g/mol. The van der Waals surface area contributed by atoms with Crippen LogP contribution in [-0.4, -0.2) is 24.1 Å². The summed E-state index contributed by atoms with van der Waals surface area (Å²) < 4.78 is 6.76. The minimum atomic E-state index is -0.296. The number of carbonyl (C=O) groups excluding carboxylic acids is 2. The van der Waals surface area contributed by atoms with E-state index < -0.39 is 0 Å². The number of fused-ring (bicyclic) bond motifs is 1. The summed E-state index contributed by atoms with van der Waals surface area (Å²) in [6.45, 7) is 4.34. The molecule has 32 heavy (non-hydrogen) atoms. The van der Waals surface area contributed by atoms with E-state index in [4.69, 9.17) is 4.42 Å². The molecule has 0 fully saturated rings. The third-order valence-corrected chi connectivity index (χ3v) is 6.25. The second-order valence-corrected chi connectivity index (χ2v) is 8.43. The van der Waals surface area contributed by atoms with E-state index in [1.54, 1.807) is 17.0 Å². The van der Waals surface area contributed by atoms with E-state index in [0.717, 1.165) is 41.1 Å². The van der Waals surface area contributed by atoms with Crippen molar-refractivity contribution >= 4 is 39.1 Å². The van der Waals surface area contributed by atoms with Gasteiger partial charge in [0.05, 0.1) is 11.3 Å². The molecule has 1 aliphatic rings. The van der Waals surface area contributed by atoms with Crippen molar-refractivity contribution < 1.29 is 14.0 Å². The van der Waals surface area contributed by atoms with Gasteiger partial charge < -0.3 is 9.32 Å². The molecule has 1 N–H and O–H groups in total. The lowest BCUT2D eigenvalue weighted by molar-refractivity contribution is 0.0949. The van der Waals surface area contributed by atoms with Crippen LogP contribution in [0.4, 0.5) is 5.69 Å². The standard InChI is InChI=1S/C25H24BrN3O3/c1-3-29(17-10-5-4-6-11-17)25(31)23-16(2)22-20(14-9-15-21(22)32-23)27-28-24(30)18-12-7-8-13-19(18)26/h4-8,10-13H,3,9,14-15H2,1-2H3,(H,28,30)/b27-20+. The number of rotatable bonds is 5. The Kier molecular flexibility index (Phi) is 6.55. The highest BCUT2D eigenvalue weighted by Crippen LogP contribution is 2.31. The minimum Gasteiger partial charge on any atom is -0.455 e. The number of nitrogens with zero attached hydrogens (tertiary/aromatic N) is 2. The molecule has 6 nitrogen and oxygen atoms in total. The molecule has 1 aliphatic carbocycles. The highest BCUT2D eigenvalue weighted by atomic mass is 79.9. The molecular formula is C25H24BrN3O3. The summed E-state index contributed by atoms with van der Waals surface area (Å²) in [6.07, 6.45) is 2.28. The van der Waals surface area contributed by atoms with E-state index in [1.807, 2.05) is 56.3 Å². The second kappa shape index (κ2) is 9.53. The van der Waals surface area contributed by atoms with E-state index in [2.05, 4.69) is 26.5 Å². The number of halogens is 1. The van der Waals surface area contributed by atoms with Crippen molar-refractivity contribution in [1.82, 2.24) is 5.43 Å². The van der Waals surface area contributed by atoms with Crippen LogP contribution in [0.3, 0.4) is 0 Å². The van der Waals surface area contributed by atoms with Crippen LogP contribution in [0.1, 0.15) is 57.6 Å². The Hall–Kier alpha value is -3.19. The number of nitrogens with one attached hydrogen (secondary N) is 1. The van der Waals surface area contributed by atoms with Crippen molar-refractivity contribution in [3.63, 3.8) is 0 Å². The van der Waals surface area contributed by atoms with Gasteiger partial charge in [0.15, 0.2) is 5.76 Å². The van der Waals surface area contributed by atoms with Crippen LogP contribution in [0.2, 0.25) is 0 Å². The van der Waals surface area contributed by atoms with E-state index in [9.17, 15) is 9.59 Å². The number of carbonyl (C=O) groups is 2. The third kappa shape index (κ3) is 4.25. The van der Waals surface area contributed by atoms with Gasteiger partial charge in [-0.15, -0.1) is 0 Å². The number of aryl methyl sites for hydroxylation is 1. The van der Waals surface area contributed by atoms with Crippen molar-refractivity contribution in [3.05, 3.63) is 87.3 Å². The molecule has 1 heterocycles. The van der Waals surface area contributed by atoms with E-state index in [0.29, 0.717) is 28.8 Å². The zero-order chi connectivity index (χ0) is 22.7. The molecule has 0 unspecified atom stereocenters. The number of anilines is 1. The molecule has 0 saturated heterocycles. The average Bonchev–Trinajstić information content (AvgIpc) is 3.16. The molecule has 0 aliphatic heterocycles. The molecule has 0 radical (unpaired) electrons. The van der Waals surface area contributed by atoms with Crippen LogP contribution >= 0.6 is 15.9 Å². The van der Waals surface area contributed by atoms with Gasteiger partial charge in [0, 0.05) is 34.3 Å². The van der Waals surface area contributed by atoms with Crippen molar-refractivity contribution in [3.8, 4) is 0 Å². The van der Waals surface area contributed by atoms with E-state index in [1.165, 1.54) is 0 Å². The zero-order valence-corrected chi connectivity index (χ0v) is 19.6. The molecule has 4 rings (SSSR count).